The largest absolute Gasteiger partial charge is 0.521 e. The summed E-state index contributed by atoms with van der Waals surface area (Å²) in [5.74, 6) is 0. The van der Waals surface area contributed by atoms with Gasteiger partial charge in [0.1, 0.15) is 0 Å². The Balaban J connectivity index is 1.27. The quantitative estimate of drug-likeness (QED) is 0.0829. The van der Waals surface area contributed by atoms with E-state index < -0.39 is 8.72 Å². The molecule has 12 aromatic carbocycles. The minimum absolute atomic E-state index is 1.29. The van der Waals surface area contributed by atoms with E-state index in [4.69, 9.17) is 0 Å². The van der Waals surface area contributed by atoms with Gasteiger partial charge in [-0.25, -0.2) is 0 Å². The van der Waals surface area contributed by atoms with Crippen LogP contribution in [0.1, 0.15) is 0 Å². The third kappa shape index (κ3) is 2.75. The summed E-state index contributed by atoms with van der Waals surface area (Å²) in [6.07, 6.45) is 0. The van der Waals surface area contributed by atoms with Gasteiger partial charge in [-0.05, 0) is 90.3 Å². The van der Waals surface area contributed by atoms with Gasteiger partial charge in [0.05, 0.1) is 22.1 Å². The predicted molar refractivity (Wildman–Crippen MR) is 260 cm³/mol. The molecule has 2 aliphatic rings. The van der Waals surface area contributed by atoms with Gasteiger partial charge in [-0.2, -0.15) is 0 Å². The van der Waals surface area contributed by atoms with Gasteiger partial charge < -0.3 is 16.9 Å². The summed E-state index contributed by atoms with van der Waals surface area (Å²) in [6, 6.07) is 65.8. The molecule has 0 aliphatic carbocycles. The van der Waals surface area contributed by atoms with Crippen molar-refractivity contribution in [2.45, 2.75) is 0 Å². The van der Waals surface area contributed by atoms with Crippen molar-refractivity contribution in [1.29, 1.82) is 0 Å². The van der Waals surface area contributed by atoms with Crippen molar-refractivity contribution >= 4 is 161 Å². The summed E-state index contributed by atoms with van der Waals surface area (Å²) >= 11 is 0. The number of benzene rings is 12. The van der Waals surface area contributed by atoms with E-state index in [1.165, 1.54) is 152 Å². The Hall–Kier alpha value is -7.86. The lowest BCUT2D eigenvalue weighted by Crippen LogP contribution is -2.65. The minimum atomic E-state index is -3.65. The summed E-state index contributed by atoms with van der Waals surface area (Å²) in [5, 5.41) is 26.8. The Labute approximate surface area is 345 Å². The molecule has 276 valence electrons. The smallest absolute Gasteiger partial charge is 0.314 e. The van der Waals surface area contributed by atoms with Crippen LogP contribution in [0.5, 0.6) is 0 Å². The molecule has 0 saturated heterocycles. The molecule has 18 rings (SSSR count). The van der Waals surface area contributed by atoms with Gasteiger partial charge >= 0.3 is 8.72 Å². The lowest BCUT2D eigenvalue weighted by molar-refractivity contribution is 0.916. The second kappa shape index (κ2) is 9.14. The van der Waals surface area contributed by atoms with Gasteiger partial charge in [0.15, 0.2) is 0 Å². The average Bonchev–Trinajstić information content (AvgIpc) is 4.07. The fourth-order valence-electron chi connectivity index (χ4n) is 13.6. The molecule has 1 spiro atoms. The highest BCUT2D eigenvalue weighted by Crippen LogP contribution is 2.57. The van der Waals surface area contributed by atoms with E-state index in [-0.39, 0.29) is 0 Å². The van der Waals surface area contributed by atoms with Gasteiger partial charge in [0.25, 0.3) is 0 Å². The van der Waals surface area contributed by atoms with Crippen molar-refractivity contribution in [2.75, 3.05) is 0 Å². The van der Waals surface area contributed by atoms with Crippen LogP contribution in [-0.2, 0) is 0 Å². The van der Waals surface area contributed by atoms with Gasteiger partial charge in [0, 0.05) is 75.9 Å². The summed E-state index contributed by atoms with van der Waals surface area (Å²) in [6.45, 7) is 0. The molecule has 16 aromatic rings. The number of hydrogen-bond donors (Lipinski definition) is 0. The maximum absolute atomic E-state index is 3.65. The molecule has 0 atom stereocenters. The second-order valence-corrected chi connectivity index (χ2v) is 20.9. The van der Waals surface area contributed by atoms with Crippen LogP contribution in [0.4, 0.5) is 0 Å². The summed E-state index contributed by atoms with van der Waals surface area (Å²) < 4.78 is 11.7. The molecule has 4 nitrogen and oxygen atoms in total. The van der Waals surface area contributed by atoms with Crippen LogP contribution in [0.15, 0.2) is 170 Å². The van der Waals surface area contributed by atoms with Crippen molar-refractivity contribution < 1.29 is 0 Å². The van der Waals surface area contributed by atoms with Crippen LogP contribution in [0.25, 0.3) is 152 Å². The molecule has 4 aromatic heterocycles. The molecule has 0 radical (unpaired) electrons. The molecule has 6 heterocycles. The molecule has 2 aliphatic heterocycles. The number of nitrogens with zero attached hydrogens (tertiary/aromatic N) is 4. The standard InChI is InChI=1S/C56H28N4Si/c1-3-13-33-31(11-1)37-17-9-21-45-49(37)51-41(33)27-29-23-25-39-35-15-5-7-19-43(35)57-53(39)47(29)55(51)59(45)61(57)58-44-20-8-6-16-36(44)40-26-24-30-28-42-34-14-4-2-12-32(34)38-18-10-22-46-50(38)52(42)56(60(46)61)48(30)54(40)58/h1-28H. The van der Waals surface area contributed by atoms with E-state index in [1.54, 1.807) is 0 Å². The zero-order chi connectivity index (χ0) is 38.8. The summed E-state index contributed by atoms with van der Waals surface area (Å²) in [5.41, 5.74) is 10.7. The Morgan fingerprint density at radius 2 is 0.590 bits per heavy atom. The zero-order valence-corrected chi connectivity index (χ0v) is 33.5. The van der Waals surface area contributed by atoms with Crippen molar-refractivity contribution in [3.8, 4) is 0 Å². The van der Waals surface area contributed by atoms with Crippen molar-refractivity contribution in [1.82, 2.24) is 16.9 Å². The third-order valence-electron chi connectivity index (χ3n) is 15.6. The zero-order valence-electron chi connectivity index (χ0n) is 32.5. The lowest BCUT2D eigenvalue weighted by atomic mass is 9.92. The Bertz CT molecular complexity index is 4510. The highest BCUT2D eigenvalue weighted by molar-refractivity contribution is 6.83. The van der Waals surface area contributed by atoms with Crippen molar-refractivity contribution in [2.24, 2.45) is 0 Å². The topological polar surface area (TPSA) is 19.7 Å². The molecular formula is C56H28N4Si. The van der Waals surface area contributed by atoms with E-state index in [0.29, 0.717) is 0 Å². The number of para-hydroxylation sites is 2. The highest BCUT2D eigenvalue weighted by Gasteiger charge is 2.57. The fraction of sp³-hybridized carbons (Fsp3) is 0. The van der Waals surface area contributed by atoms with Crippen molar-refractivity contribution in [3.05, 3.63) is 170 Å². The van der Waals surface area contributed by atoms with Crippen LogP contribution in [0.2, 0.25) is 0 Å². The van der Waals surface area contributed by atoms with Crippen LogP contribution < -0.4 is 0 Å². The van der Waals surface area contributed by atoms with Crippen molar-refractivity contribution in [3.63, 3.8) is 0 Å². The van der Waals surface area contributed by atoms with Crippen LogP contribution in [0, 0.1) is 0 Å². The van der Waals surface area contributed by atoms with Gasteiger partial charge in [0.2, 0.25) is 0 Å². The Kier molecular flexibility index (Phi) is 4.40. The number of rotatable bonds is 0. The summed E-state index contributed by atoms with van der Waals surface area (Å²) in [4.78, 5) is 0. The predicted octanol–water partition coefficient (Wildman–Crippen LogP) is 14.5. The maximum Gasteiger partial charge on any atom is 0.521 e. The van der Waals surface area contributed by atoms with Gasteiger partial charge in [-0.15, -0.1) is 0 Å². The first-order chi connectivity index (χ1) is 30.3. The van der Waals surface area contributed by atoms with Gasteiger partial charge in [-0.3, -0.25) is 0 Å². The van der Waals surface area contributed by atoms with E-state index in [2.05, 4.69) is 187 Å². The Morgan fingerprint density at radius 1 is 0.230 bits per heavy atom. The first kappa shape index (κ1) is 29.4. The van der Waals surface area contributed by atoms with E-state index in [1.807, 2.05) is 0 Å². The fourth-order valence-corrected chi connectivity index (χ4v) is 19.0. The molecule has 0 saturated carbocycles. The first-order valence-electron chi connectivity index (χ1n) is 21.5. The lowest BCUT2D eigenvalue weighted by Gasteiger charge is -2.43. The molecule has 0 N–H and O–H groups in total. The van der Waals surface area contributed by atoms with Crippen LogP contribution in [-0.4, -0.2) is 25.7 Å². The number of fused-ring (bicyclic) bond motifs is 18. The Morgan fingerprint density at radius 3 is 1.05 bits per heavy atom. The monoisotopic (exact) mass is 784 g/mol. The summed E-state index contributed by atoms with van der Waals surface area (Å²) in [7, 11) is -3.65. The molecule has 0 bridgehead atoms. The van der Waals surface area contributed by atoms with Crippen LogP contribution in [0.3, 0.4) is 0 Å². The SMILES string of the molecule is c1ccc2c(c1)c1cccc3c1c1c2cc2ccc4c5ccccc5n5c4c2c1n3[Si]51n2c3ccccc3c3ccc4cc5c6ccccc6c6cccc7c6c5c(c4c32)n71. The average molecular weight is 785 g/mol. The minimum Gasteiger partial charge on any atom is -0.314 e. The molecular weight excluding hydrogens is 757 g/mol. The first-order valence-corrected chi connectivity index (χ1v) is 23.2. The molecule has 0 unspecified atom stereocenters. The maximum atomic E-state index is 2.95. The number of hydrogen-bond acceptors (Lipinski definition) is 0. The normalized spacial score (nSPS) is 14.7. The van der Waals surface area contributed by atoms with E-state index in [0.717, 1.165) is 0 Å². The van der Waals surface area contributed by atoms with E-state index in [9.17, 15) is 0 Å². The number of aromatic nitrogens is 4. The highest BCUT2D eigenvalue weighted by atomic mass is 28.4. The van der Waals surface area contributed by atoms with E-state index >= 15 is 0 Å². The van der Waals surface area contributed by atoms with Gasteiger partial charge in [-0.1, -0.05) is 133 Å². The third-order valence-corrected chi connectivity index (χ3v) is 19.8. The molecule has 61 heavy (non-hydrogen) atoms. The molecule has 5 heteroatoms. The molecule has 0 fully saturated rings. The molecule has 0 amide bonds. The van der Waals surface area contributed by atoms with Crippen LogP contribution >= 0.6 is 0 Å². The second-order valence-electron chi connectivity index (χ2n) is 17.9.